The van der Waals surface area contributed by atoms with Crippen LogP contribution in [0.1, 0.15) is 33.6 Å². The molecule has 1 N–H and O–H groups in total. The van der Waals surface area contributed by atoms with Gasteiger partial charge in [0.2, 0.25) is 11.8 Å². The van der Waals surface area contributed by atoms with Gasteiger partial charge in [0.15, 0.2) is 0 Å². The van der Waals surface area contributed by atoms with Crippen LogP contribution in [-0.4, -0.2) is 23.9 Å². The van der Waals surface area contributed by atoms with Crippen molar-refractivity contribution in [2.45, 2.75) is 39.2 Å². The molecule has 1 saturated heterocycles. The van der Waals surface area contributed by atoms with E-state index in [9.17, 15) is 9.59 Å². The molecule has 0 unspecified atom stereocenters. The fraction of sp³-hybridized carbons (Fsp3) is 0.500. The van der Waals surface area contributed by atoms with Crippen molar-refractivity contribution in [1.29, 1.82) is 0 Å². The van der Waals surface area contributed by atoms with E-state index in [2.05, 4.69) is 5.32 Å². The summed E-state index contributed by atoms with van der Waals surface area (Å²) in [4.78, 5) is 26.1. The number of anilines is 1. The summed E-state index contributed by atoms with van der Waals surface area (Å²) in [6.07, 6.45) is 1.09. The molecule has 4 nitrogen and oxygen atoms in total. The van der Waals surface area contributed by atoms with Crippen LogP contribution in [-0.2, 0) is 9.59 Å². The number of amides is 2. The van der Waals surface area contributed by atoms with E-state index >= 15 is 0 Å². The van der Waals surface area contributed by atoms with Crippen LogP contribution in [0.25, 0.3) is 0 Å². The summed E-state index contributed by atoms with van der Waals surface area (Å²) in [5.74, 6) is -0.395. The van der Waals surface area contributed by atoms with Gasteiger partial charge in [0.1, 0.15) is 0 Å². The molecule has 5 heteroatoms. The zero-order valence-corrected chi connectivity index (χ0v) is 13.4. The normalized spacial score (nSPS) is 19.0. The molecule has 0 aromatic heterocycles. The Morgan fingerprint density at radius 1 is 1.48 bits per heavy atom. The molecule has 0 bridgehead atoms. The average molecular weight is 309 g/mol. The van der Waals surface area contributed by atoms with Crippen LogP contribution in [0.5, 0.6) is 0 Å². The SMILES string of the molecule is CCC(C)(C)NC(=O)[C@@H]1CC(=O)N(c2cccc(Cl)c2)C1. The number of nitrogens with one attached hydrogen (secondary N) is 1. The first kappa shape index (κ1) is 15.8. The van der Waals surface area contributed by atoms with Gasteiger partial charge < -0.3 is 10.2 Å². The Kier molecular flexibility index (Phi) is 4.57. The summed E-state index contributed by atoms with van der Waals surface area (Å²) < 4.78 is 0. The topological polar surface area (TPSA) is 49.4 Å². The average Bonchev–Trinajstić information content (AvgIpc) is 2.80. The molecule has 1 aromatic rings. The Labute approximate surface area is 130 Å². The van der Waals surface area contributed by atoms with Gasteiger partial charge in [-0.2, -0.15) is 0 Å². The van der Waals surface area contributed by atoms with Crippen molar-refractivity contribution in [3.8, 4) is 0 Å². The predicted molar refractivity (Wildman–Crippen MR) is 84.4 cm³/mol. The highest BCUT2D eigenvalue weighted by Crippen LogP contribution is 2.27. The number of halogens is 1. The van der Waals surface area contributed by atoms with Gasteiger partial charge in [0.25, 0.3) is 0 Å². The summed E-state index contributed by atoms with van der Waals surface area (Å²) in [5.41, 5.74) is 0.501. The fourth-order valence-electron chi connectivity index (χ4n) is 2.30. The van der Waals surface area contributed by atoms with Crippen LogP contribution in [0.15, 0.2) is 24.3 Å². The zero-order chi connectivity index (χ0) is 15.6. The summed E-state index contributed by atoms with van der Waals surface area (Å²) >= 11 is 5.96. The van der Waals surface area contributed by atoms with Crippen molar-refractivity contribution in [2.24, 2.45) is 5.92 Å². The van der Waals surface area contributed by atoms with Crippen LogP contribution >= 0.6 is 11.6 Å². The number of rotatable bonds is 4. The Hall–Kier alpha value is -1.55. The molecule has 0 radical (unpaired) electrons. The third-order valence-corrected chi connectivity index (χ3v) is 4.20. The van der Waals surface area contributed by atoms with E-state index in [0.29, 0.717) is 11.6 Å². The second kappa shape index (κ2) is 6.06. The van der Waals surface area contributed by atoms with Crippen molar-refractivity contribution >= 4 is 29.1 Å². The number of carbonyl (C=O) groups excluding carboxylic acids is 2. The maximum absolute atomic E-state index is 12.3. The highest BCUT2D eigenvalue weighted by molar-refractivity contribution is 6.30. The Balaban J connectivity index is 2.08. The minimum absolute atomic E-state index is 0.0354. The lowest BCUT2D eigenvalue weighted by Crippen LogP contribution is -2.46. The smallest absolute Gasteiger partial charge is 0.227 e. The summed E-state index contributed by atoms with van der Waals surface area (Å²) in [5, 5.41) is 3.59. The fourth-order valence-corrected chi connectivity index (χ4v) is 2.49. The van der Waals surface area contributed by atoms with Gasteiger partial charge in [0, 0.05) is 29.2 Å². The maximum atomic E-state index is 12.3. The molecule has 1 aliphatic heterocycles. The molecule has 0 spiro atoms. The monoisotopic (exact) mass is 308 g/mol. The van der Waals surface area contributed by atoms with Crippen molar-refractivity contribution < 1.29 is 9.59 Å². The van der Waals surface area contributed by atoms with E-state index in [4.69, 9.17) is 11.6 Å². The van der Waals surface area contributed by atoms with Gasteiger partial charge in [-0.05, 0) is 38.5 Å². The number of nitrogens with zero attached hydrogens (tertiary/aromatic N) is 1. The third-order valence-electron chi connectivity index (χ3n) is 3.96. The lowest BCUT2D eigenvalue weighted by molar-refractivity contribution is -0.127. The quantitative estimate of drug-likeness (QED) is 0.929. The molecule has 2 rings (SSSR count). The Morgan fingerprint density at radius 2 is 2.19 bits per heavy atom. The number of benzene rings is 1. The number of hydrogen-bond acceptors (Lipinski definition) is 2. The molecule has 2 amide bonds. The van der Waals surface area contributed by atoms with E-state index in [1.54, 1.807) is 23.1 Å². The Morgan fingerprint density at radius 3 is 2.81 bits per heavy atom. The van der Waals surface area contributed by atoms with E-state index in [-0.39, 0.29) is 29.7 Å². The van der Waals surface area contributed by atoms with Gasteiger partial charge in [-0.15, -0.1) is 0 Å². The molecule has 1 aliphatic rings. The van der Waals surface area contributed by atoms with Crippen molar-refractivity contribution in [3.05, 3.63) is 29.3 Å². The first-order valence-electron chi connectivity index (χ1n) is 7.20. The van der Waals surface area contributed by atoms with Gasteiger partial charge in [-0.3, -0.25) is 9.59 Å². The predicted octanol–water partition coefficient (Wildman–Crippen LogP) is 3.00. The third kappa shape index (κ3) is 3.76. The minimum Gasteiger partial charge on any atom is -0.351 e. The number of carbonyl (C=O) groups is 2. The van der Waals surface area contributed by atoms with Crippen LogP contribution < -0.4 is 10.2 Å². The standard InChI is InChI=1S/C16H21ClN2O2/c1-4-16(2,3)18-15(21)11-8-14(20)19(10-11)13-7-5-6-12(17)9-13/h5-7,9,11H,4,8,10H2,1-3H3,(H,18,21)/t11-/m1/s1. The zero-order valence-electron chi connectivity index (χ0n) is 12.6. The molecule has 1 fully saturated rings. The lowest BCUT2D eigenvalue weighted by atomic mass is 9.99. The van der Waals surface area contributed by atoms with Gasteiger partial charge in [-0.1, -0.05) is 24.6 Å². The van der Waals surface area contributed by atoms with Crippen molar-refractivity contribution in [2.75, 3.05) is 11.4 Å². The summed E-state index contributed by atoms with van der Waals surface area (Å²) in [6, 6.07) is 7.15. The van der Waals surface area contributed by atoms with Crippen molar-refractivity contribution in [1.82, 2.24) is 5.32 Å². The Bertz CT molecular complexity index is 557. The van der Waals surface area contributed by atoms with E-state index in [1.165, 1.54) is 0 Å². The molecule has 1 atom stereocenters. The van der Waals surface area contributed by atoms with Crippen molar-refractivity contribution in [3.63, 3.8) is 0 Å². The first-order valence-corrected chi connectivity index (χ1v) is 7.58. The van der Waals surface area contributed by atoms with Gasteiger partial charge in [-0.25, -0.2) is 0 Å². The van der Waals surface area contributed by atoms with Gasteiger partial charge in [0.05, 0.1) is 5.92 Å². The van der Waals surface area contributed by atoms with Gasteiger partial charge >= 0.3 is 0 Å². The van der Waals surface area contributed by atoms with Crippen LogP contribution in [0.3, 0.4) is 0 Å². The van der Waals surface area contributed by atoms with E-state index in [0.717, 1.165) is 12.1 Å². The summed E-state index contributed by atoms with van der Waals surface area (Å²) in [6.45, 7) is 6.40. The molecule has 21 heavy (non-hydrogen) atoms. The second-order valence-corrected chi connectivity index (χ2v) is 6.55. The minimum atomic E-state index is -0.303. The molecular weight excluding hydrogens is 288 g/mol. The van der Waals surface area contributed by atoms with Crippen LogP contribution in [0, 0.1) is 5.92 Å². The number of hydrogen-bond donors (Lipinski definition) is 1. The first-order chi connectivity index (χ1) is 9.82. The molecular formula is C16H21ClN2O2. The van der Waals surface area contributed by atoms with E-state index < -0.39 is 0 Å². The molecule has 114 valence electrons. The lowest BCUT2D eigenvalue weighted by Gasteiger charge is -2.26. The molecule has 1 heterocycles. The largest absolute Gasteiger partial charge is 0.351 e. The molecule has 0 aliphatic carbocycles. The summed E-state index contributed by atoms with van der Waals surface area (Å²) in [7, 11) is 0. The highest BCUT2D eigenvalue weighted by atomic mass is 35.5. The molecule has 1 aromatic carbocycles. The van der Waals surface area contributed by atoms with Crippen LogP contribution in [0.4, 0.5) is 5.69 Å². The highest BCUT2D eigenvalue weighted by Gasteiger charge is 2.36. The van der Waals surface area contributed by atoms with E-state index in [1.807, 2.05) is 26.8 Å². The second-order valence-electron chi connectivity index (χ2n) is 6.11. The molecule has 0 saturated carbocycles. The maximum Gasteiger partial charge on any atom is 0.227 e. The van der Waals surface area contributed by atoms with Crippen LogP contribution in [0.2, 0.25) is 5.02 Å².